The minimum absolute atomic E-state index is 0.00544. The maximum absolute atomic E-state index is 15.3. The number of aliphatic hydroxyl groups is 1. The van der Waals surface area contributed by atoms with Gasteiger partial charge in [0.1, 0.15) is 35.4 Å². The Balaban J connectivity index is 2.06. The summed E-state index contributed by atoms with van der Waals surface area (Å²) in [6.07, 6.45) is 0. The highest BCUT2D eigenvalue weighted by atomic mass is 19.3. The number of anilines is 1. The van der Waals surface area contributed by atoms with Crippen LogP contribution in [0.3, 0.4) is 0 Å². The lowest BCUT2D eigenvalue weighted by Crippen LogP contribution is -2.41. The fourth-order valence-corrected chi connectivity index (χ4v) is 3.71. The largest absolute Gasteiger partial charge is 0.490 e. The third kappa shape index (κ3) is 5.55. The standard InChI is InChI=1S/C27H30F3N3O3/c1-7-9-18-14-22-20(15-23(18)36-13-12-35-6)25(33-17(3)32-22)31-16(2)19-10-8-11-21(24(19)28)27(29,30)26(4,5)34/h8,10-11,14-16,34H,12-13H2,1-6H3,(H,31,32,33)/t16-/m1/s1. The molecule has 0 spiro atoms. The summed E-state index contributed by atoms with van der Waals surface area (Å²) in [4.78, 5) is 8.96. The molecule has 0 saturated heterocycles. The van der Waals surface area contributed by atoms with Crippen molar-refractivity contribution in [3.63, 3.8) is 0 Å². The average Bonchev–Trinajstić information content (AvgIpc) is 2.79. The first-order valence-electron chi connectivity index (χ1n) is 11.4. The van der Waals surface area contributed by atoms with E-state index in [1.165, 1.54) is 12.1 Å². The monoisotopic (exact) mass is 501 g/mol. The molecule has 1 heterocycles. The van der Waals surface area contributed by atoms with Crippen LogP contribution < -0.4 is 10.1 Å². The lowest BCUT2D eigenvalue weighted by Gasteiger charge is -2.30. The first-order chi connectivity index (χ1) is 16.9. The average molecular weight is 502 g/mol. The van der Waals surface area contributed by atoms with Crippen LogP contribution in [0.4, 0.5) is 19.0 Å². The molecule has 9 heteroatoms. The highest BCUT2D eigenvalue weighted by Crippen LogP contribution is 2.41. The summed E-state index contributed by atoms with van der Waals surface area (Å²) in [5.74, 6) is 2.33. The molecule has 1 atom stereocenters. The molecule has 0 aliphatic heterocycles. The van der Waals surface area contributed by atoms with Crippen LogP contribution in [-0.2, 0) is 10.7 Å². The first kappa shape index (κ1) is 27.2. The molecule has 0 amide bonds. The van der Waals surface area contributed by atoms with Crippen molar-refractivity contribution < 1.29 is 27.8 Å². The van der Waals surface area contributed by atoms with Crippen LogP contribution >= 0.6 is 0 Å². The Labute approximate surface area is 208 Å². The highest BCUT2D eigenvalue weighted by Gasteiger charge is 2.49. The molecule has 0 fully saturated rings. The van der Waals surface area contributed by atoms with E-state index in [-0.39, 0.29) is 5.56 Å². The van der Waals surface area contributed by atoms with Crippen LogP contribution in [0.25, 0.3) is 10.9 Å². The van der Waals surface area contributed by atoms with Gasteiger partial charge in [-0.2, -0.15) is 8.78 Å². The molecule has 0 saturated carbocycles. The van der Waals surface area contributed by atoms with Crippen molar-refractivity contribution in [3.05, 3.63) is 58.7 Å². The van der Waals surface area contributed by atoms with Gasteiger partial charge in [0.2, 0.25) is 0 Å². The second-order valence-electron chi connectivity index (χ2n) is 8.91. The van der Waals surface area contributed by atoms with E-state index in [1.54, 1.807) is 40.0 Å². The van der Waals surface area contributed by atoms with Crippen molar-refractivity contribution in [2.24, 2.45) is 0 Å². The van der Waals surface area contributed by atoms with Crippen LogP contribution in [-0.4, -0.2) is 41.0 Å². The van der Waals surface area contributed by atoms with Crippen molar-refractivity contribution in [2.75, 3.05) is 25.6 Å². The Morgan fingerprint density at radius 3 is 2.53 bits per heavy atom. The maximum atomic E-state index is 15.3. The predicted octanol–water partition coefficient (Wildman–Crippen LogP) is 5.51. The molecule has 0 bridgehead atoms. The van der Waals surface area contributed by atoms with Gasteiger partial charge in [0.05, 0.1) is 29.3 Å². The number of aryl methyl sites for hydroxylation is 1. The zero-order valence-corrected chi connectivity index (χ0v) is 21.2. The third-order valence-electron chi connectivity index (χ3n) is 5.67. The van der Waals surface area contributed by atoms with Crippen molar-refractivity contribution >= 4 is 16.7 Å². The molecule has 2 N–H and O–H groups in total. The Morgan fingerprint density at radius 1 is 1.17 bits per heavy atom. The van der Waals surface area contributed by atoms with Gasteiger partial charge in [-0.05, 0) is 52.8 Å². The SMILES string of the molecule is CC#Cc1cc2nc(C)nc(N[C@H](C)c3cccc(C(F)(F)C(C)(C)O)c3F)c2cc1OCCOC. The van der Waals surface area contributed by atoms with Gasteiger partial charge < -0.3 is 19.9 Å². The number of fused-ring (bicyclic) bond motifs is 1. The number of aromatic nitrogens is 2. The topological polar surface area (TPSA) is 76.5 Å². The number of alkyl halides is 2. The number of methoxy groups -OCH3 is 1. The zero-order chi connectivity index (χ0) is 26.7. The quantitative estimate of drug-likeness (QED) is 0.298. The van der Waals surface area contributed by atoms with Crippen LogP contribution in [0.15, 0.2) is 30.3 Å². The van der Waals surface area contributed by atoms with Gasteiger partial charge in [-0.3, -0.25) is 0 Å². The molecule has 0 radical (unpaired) electrons. The van der Waals surface area contributed by atoms with Crippen LogP contribution in [0.5, 0.6) is 5.75 Å². The second kappa shape index (κ2) is 10.7. The van der Waals surface area contributed by atoms with E-state index in [0.717, 1.165) is 19.9 Å². The summed E-state index contributed by atoms with van der Waals surface area (Å²) in [7, 11) is 1.57. The molecule has 3 aromatic rings. The van der Waals surface area contributed by atoms with Crippen LogP contribution in [0.1, 0.15) is 56.3 Å². The fourth-order valence-electron chi connectivity index (χ4n) is 3.71. The van der Waals surface area contributed by atoms with Crippen LogP contribution in [0.2, 0.25) is 0 Å². The summed E-state index contributed by atoms with van der Waals surface area (Å²) in [6, 6.07) is 6.52. The molecule has 36 heavy (non-hydrogen) atoms. The fraction of sp³-hybridized carbons (Fsp3) is 0.407. The zero-order valence-electron chi connectivity index (χ0n) is 21.2. The number of ether oxygens (including phenoxy) is 2. The molecular weight excluding hydrogens is 471 g/mol. The van der Waals surface area contributed by atoms with Gasteiger partial charge in [0.25, 0.3) is 0 Å². The van der Waals surface area contributed by atoms with E-state index in [4.69, 9.17) is 9.47 Å². The molecule has 3 rings (SSSR count). The van der Waals surface area contributed by atoms with Crippen molar-refractivity contribution in [1.82, 2.24) is 9.97 Å². The lowest BCUT2D eigenvalue weighted by molar-refractivity contribution is -0.170. The van der Waals surface area contributed by atoms with Crippen LogP contribution in [0, 0.1) is 24.6 Å². The molecule has 0 aliphatic rings. The number of benzene rings is 2. The minimum Gasteiger partial charge on any atom is -0.490 e. The Kier molecular flexibility index (Phi) is 8.12. The summed E-state index contributed by atoms with van der Waals surface area (Å²) >= 11 is 0. The Morgan fingerprint density at radius 2 is 1.89 bits per heavy atom. The number of hydrogen-bond donors (Lipinski definition) is 2. The number of halogens is 3. The molecule has 6 nitrogen and oxygen atoms in total. The van der Waals surface area contributed by atoms with Gasteiger partial charge in [0.15, 0.2) is 0 Å². The lowest BCUT2D eigenvalue weighted by atomic mass is 9.91. The van der Waals surface area contributed by atoms with Gasteiger partial charge in [-0.25, -0.2) is 14.4 Å². The van der Waals surface area contributed by atoms with E-state index >= 15 is 4.39 Å². The molecule has 0 aliphatic carbocycles. The third-order valence-corrected chi connectivity index (χ3v) is 5.67. The maximum Gasteiger partial charge on any atom is 0.303 e. The second-order valence-corrected chi connectivity index (χ2v) is 8.91. The number of nitrogens with one attached hydrogen (secondary N) is 1. The number of rotatable bonds is 9. The van der Waals surface area contributed by atoms with E-state index < -0.39 is 28.9 Å². The molecule has 1 aromatic heterocycles. The number of hydrogen-bond acceptors (Lipinski definition) is 6. The van der Waals surface area contributed by atoms with Gasteiger partial charge in [-0.15, -0.1) is 5.92 Å². The number of nitrogens with zero attached hydrogens (tertiary/aromatic N) is 2. The van der Waals surface area contributed by atoms with Crippen molar-refractivity contribution in [2.45, 2.75) is 52.2 Å². The Bertz CT molecular complexity index is 1310. The van der Waals surface area contributed by atoms with E-state index in [9.17, 15) is 13.9 Å². The normalized spacial score (nSPS) is 12.7. The van der Waals surface area contributed by atoms with Gasteiger partial charge >= 0.3 is 5.92 Å². The molecule has 0 unspecified atom stereocenters. The van der Waals surface area contributed by atoms with E-state index in [0.29, 0.717) is 47.1 Å². The summed E-state index contributed by atoms with van der Waals surface area (Å²) < 4.78 is 55.7. The Hall–Kier alpha value is -3.35. The highest BCUT2D eigenvalue weighted by molar-refractivity contribution is 5.92. The smallest absolute Gasteiger partial charge is 0.303 e. The predicted molar refractivity (Wildman–Crippen MR) is 133 cm³/mol. The summed E-state index contributed by atoms with van der Waals surface area (Å²) in [5.41, 5.74) is -2.07. The molecule has 192 valence electrons. The molecule has 2 aromatic carbocycles. The van der Waals surface area contributed by atoms with Gasteiger partial charge in [-0.1, -0.05) is 18.1 Å². The first-order valence-corrected chi connectivity index (χ1v) is 11.4. The van der Waals surface area contributed by atoms with Crippen molar-refractivity contribution in [3.8, 4) is 17.6 Å². The minimum atomic E-state index is -3.80. The summed E-state index contributed by atoms with van der Waals surface area (Å²) in [5, 5.41) is 13.7. The van der Waals surface area contributed by atoms with Crippen molar-refractivity contribution in [1.29, 1.82) is 0 Å². The van der Waals surface area contributed by atoms with E-state index in [2.05, 4.69) is 27.1 Å². The van der Waals surface area contributed by atoms with Gasteiger partial charge in [0, 0.05) is 18.1 Å². The summed E-state index contributed by atoms with van der Waals surface area (Å²) in [6.45, 7) is 7.65. The molecular formula is C27H30F3N3O3. The van der Waals surface area contributed by atoms with E-state index in [1.807, 2.05) is 0 Å².